The van der Waals surface area contributed by atoms with Crippen molar-refractivity contribution in [1.82, 2.24) is 0 Å². The van der Waals surface area contributed by atoms with Gasteiger partial charge in [0.1, 0.15) is 0 Å². The zero-order chi connectivity index (χ0) is 11.4. The van der Waals surface area contributed by atoms with Gasteiger partial charge in [0, 0.05) is 0 Å². The zero-order valence-corrected chi connectivity index (χ0v) is 8.78. The normalized spacial score (nSPS) is 10.1. The summed E-state index contributed by atoms with van der Waals surface area (Å²) in [4.78, 5) is 11.5. The van der Waals surface area contributed by atoms with E-state index in [9.17, 15) is 4.79 Å². The van der Waals surface area contributed by atoms with Crippen LogP contribution in [0.15, 0.2) is 18.2 Å². The summed E-state index contributed by atoms with van der Waals surface area (Å²) in [6.45, 7) is 3.58. The van der Waals surface area contributed by atoms with Gasteiger partial charge in [0.15, 0.2) is 0 Å². The van der Waals surface area contributed by atoms with E-state index in [0.29, 0.717) is 16.9 Å². The number of hydrazine groups is 1. The van der Waals surface area contributed by atoms with Gasteiger partial charge in [0.05, 0.1) is 23.0 Å². The Morgan fingerprint density at radius 1 is 1.47 bits per heavy atom. The van der Waals surface area contributed by atoms with Crippen LogP contribution in [0.25, 0.3) is 0 Å². The Hall–Kier alpha value is -1.75. The van der Waals surface area contributed by atoms with Crippen LogP contribution in [0, 0.1) is 0 Å². The number of benzene rings is 1. The summed E-state index contributed by atoms with van der Waals surface area (Å²) in [5, 5.41) is 0. The maximum atomic E-state index is 11.5. The summed E-state index contributed by atoms with van der Waals surface area (Å²) in [6.07, 6.45) is -0.147. The third kappa shape index (κ3) is 2.85. The van der Waals surface area contributed by atoms with E-state index >= 15 is 0 Å². The van der Waals surface area contributed by atoms with Gasteiger partial charge in [-0.25, -0.2) is 4.79 Å². The Kier molecular flexibility index (Phi) is 3.51. The van der Waals surface area contributed by atoms with Gasteiger partial charge in [0.2, 0.25) is 0 Å². The van der Waals surface area contributed by atoms with Gasteiger partial charge < -0.3 is 15.9 Å². The number of carbonyl (C=O) groups excluding carboxylic acids is 1. The van der Waals surface area contributed by atoms with Crippen LogP contribution < -0.4 is 17.0 Å². The average Bonchev–Trinajstić information content (AvgIpc) is 2.16. The highest BCUT2D eigenvalue weighted by Crippen LogP contribution is 2.19. The summed E-state index contributed by atoms with van der Waals surface area (Å²) in [7, 11) is 0. The first kappa shape index (κ1) is 11.3. The minimum Gasteiger partial charge on any atom is -0.459 e. The summed E-state index contributed by atoms with van der Waals surface area (Å²) in [5.41, 5.74) is 9.48. The zero-order valence-electron chi connectivity index (χ0n) is 8.78. The lowest BCUT2D eigenvalue weighted by molar-refractivity contribution is 0.0378. The first-order chi connectivity index (χ1) is 7.04. The Labute approximate surface area is 88.4 Å². The first-order valence-electron chi connectivity index (χ1n) is 4.61. The Bertz CT molecular complexity index is 364. The van der Waals surface area contributed by atoms with Crippen molar-refractivity contribution < 1.29 is 9.53 Å². The van der Waals surface area contributed by atoms with Gasteiger partial charge in [-0.05, 0) is 32.0 Å². The number of carbonyl (C=O) groups is 1. The molecule has 0 saturated carbocycles. The molecule has 0 spiro atoms. The number of nitrogen functional groups attached to an aromatic ring is 2. The highest BCUT2D eigenvalue weighted by molar-refractivity contribution is 5.92. The number of hydrogen-bond acceptors (Lipinski definition) is 5. The van der Waals surface area contributed by atoms with Gasteiger partial charge >= 0.3 is 5.97 Å². The molecule has 82 valence electrons. The monoisotopic (exact) mass is 209 g/mol. The van der Waals surface area contributed by atoms with Crippen LogP contribution in [0.4, 0.5) is 11.4 Å². The van der Waals surface area contributed by atoms with Crippen LogP contribution in [0.2, 0.25) is 0 Å². The average molecular weight is 209 g/mol. The number of ether oxygens (including phenoxy) is 1. The maximum absolute atomic E-state index is 11.5. The Balaban J connectivity index is 2.87. The number of anilines is 2. The first-order valence-corrected chi connectivity index (χ1v) is 4.61. The van der Waals surface area contributed by atoms with Crippen LogP contribution in [-0.4, -0.2) is 12.1 Å². The molecule has 0 aliphatic carbocycles. The van der Waals surface area contributed by atoms with Crippen LogP contribution in [-0.2, 0) is 4.74 Å². The molecule has 5 nitrogen and oxygen atoms in total. The SMILES string of the molecule is CC(C)OC(=O)c1ccc(NN)c(N)c1. The third-order valence-electron chi connectivity index (χ3n) is 1.79. The van der Waals surface area contributed by atoms with Crippen molar-refractivity contribution in [2.75, 3.05) is 11.2 Å². The number of nitrogens with one attached hydrogen (secondary N) is 1. The van der Waals surface area contributed by atoms with Crippen LogP contribution in [0.3, 0.4) is 0 Å². The van der Waals surface area contributed by atoms with E-state index in [1.165, 1.54) is 6.07 Å². The minimum atomic E-state index is -0.389. The fourth-order valence-corrected chi connectivity index (χ4v) is 1.10. The fourth-order valence-electron chi connectivity index (χ4n) is 1.10. The Morgan fingerprint density at radius 3 is 2.60 bits per heavy atom. The van der Waals surface area contributed by atoms with Gasteiger partial charge in [-0.15, -0.1) is 0 Å². The molecule has 0 amide bonds. The minimum absolute atomic E-state index is 0.147. The molecule has 0 radical (unpaired) electrons. The quantitative estimate of drug-likeness (QED) is 0.300. The van der Waals surface area contributed by atoms with Crippen molar-refractivity contribution in [3.63, 3.8) is 0 Å². The second-order valence-corrected chi connectivity index (χ2v) is 3.40. The second kappa shape index (κ2) is 4.65. The van der Waals surface area contributed by atoms with Gasteiger partial charge in [-0.2, -0.15) is 0 Å². The second-order valence-electron chi connectivity index (χ2n) is 3.40. The predicted molar refractivity (Wildman–Crippen MR) is 59.2 cm³/mol. The molecule has 5 heteroatoms. The highest BCUT2D eigenvalue weighted by Gasteiger charge is 2.10. The molecule has 15 heavy (non-hydrogen) atoms. The molecule has 1 aromatic carbocycles. The molecular weight excluding hydrogens is 194 g/mol. The maximum Gasteiger partial charge on any atom is 0.338 e. The van der Waals surface area contributed by atoms with Crippen molar-refractivity contribution in [3.05, 3.63) is 23.8 Å². The lowest BCUT2D eigenvalue weighted by atomic mass is 10.2. The summed E-state index contributed by atoms with van der Waals surface area (Å²) in [6, 6.07) is 4.77. The van der Waals surface area contributed by atoms with E-state index in [2.05, 4.69) is 5.43 Å². The van der Waals surface area contributed by atoms with Crippen molar-refractivity contribution in [2.24, 2.45) is 5.84 Å². The van der Waals surface area contributed by atoms with Crippen molar-refractivity contribution in [2.45, 2.75) is 20.0 Å². The van der Waals surface area contributed by atoms with E-state index in [4.69, 9.17) is 16.3 Å². The third-order valence-corrected chi connectivity index (χ3v) is 1.79. The van der Waals surface area contributed by atoms with E-state index in [1.54, 1.807) is 26.0 Å². The Morgan fingerprint density at radius 2 is 2.13 bits per heavy atom. The number of hydrogen-bond donors (Lipinski definition) is 3. The van der Waals surface area contributed by atoms with Crippen LogP contribution in [0.1, 0.15) is 24.2 Å². The molecule has 0 aliphatic rings. The lowest BCUT2D eigenvalue weighted by Crippen LogP contribution is -2.13. The number of rotatable bonds is 3. The molecule has 1 aromatic rings. The van der Waals surface area contributed by atoms with Crippen LogP contribution >= 0.6 is 0 Å². The molecule has 0 fully saturated rings. The molecule has 0 aromatic heterocycles. The van der Waals surface area contributed by atoms with Gasteiger partial charge in [0.25, 0.3) is 0 Å². The van der Waals surface area contributed by atoms with Crippen molar-refractivity contribution in [1.29, 1.82) is 0 Å². The smallest absolute Gasteiger partial charge is 0.338 e. The number of nitrogens with two attached hydrogens (primary N) is 2. The predicted octanol–water partition coefficient (Wildman–Crippen LogP) is 1.12. The van der Waals surface area contributed by atoms with Crippen molar-refractivity contribution in [3.8, 4) is 0 Å². The van der Waals surface area contributed by atoms with Gasteiger partial charge in [-0.1, -0.05) is 0 Å². The number of esters is 1. The van der Waals surface area contributed by atoms with E-state index in [0.717, 1.165) is 0 Å². The molecule has 0 bridgehead atoms. The molecule has 0 atom stereocenters. The summed E-state index contributed by atoms with van der Waals surface area (Å²) < 4.78 is 5.02. The molecule has 5 N–H and O–H groups in total. The molecular formula is C10H15N3O2. The molecule has 0 saturated heterocycles. The van der Waals surface area contributed by atoms with Crippen LogP contribution in [0.5, 0.6) is 0 Å². The summed E-state index contributed by atoms with van der Waals surface area (Å²) >= 11 is 0. The standard InChI is InChI=1S/C10H15N3O2/c1-6(2)15-10(14)7-3-4-9(13-12)8(11)5-7/h3-6,13H,11-12H2,1-2H3. The van der Waals surface area contributed by atoms with E-state index in [-0.39, 0.29) is 12.1 Å². The molecule has 0 unspecified atom stereocenters. The highest BCUT2D eigenvalue weighted by atomic mass is 16.5. The van der Waals surface area contributed by atoms with Gasteiger partial charge in [-0.3, -0.25) is 5.84 Å². The van der Waals surface area contributed by atoms with Crippen molar-refractivity contribution >= 4 is 17.3 Å². The van der Waals surface area contributed by atoms with E-state index < -0.39 is 0 Å². The molecule has 0 aliphatic heterocycles. The largest absolute Gasteiger partial charge is 0.459 e. The molecule has 1 rings (SSSR count). The lowest BCUT2D eigenvalue weighted by Gasteiger charge is -2.09. The van der Waals surface area contributed by atoms with E-state index in [1.807, 2.05) is 0 Å². The topological polar surface area (TPSA) is 90.4 Å². The summed E-state index contributed by atoms with van der Waals surface area (Å²) in [5.74, 6) is 4.82. The fraction of sp³-hybridized carbons (Fsp3) is 0.300. The molecule has 0 heterocycles.